The van der Waals surface area contributed by atoms with Crippen LogP contribution in [0.25, 0.3) is 0 Å². The van der Waals surface area contributed by atoms with Crippen LogP contribution >= 0.6 is 0 Å². The summed E-state index contributed by atoms with van der Waals surface area (Å²) in [6, 6.07) is 0. The molecule has 3 saturated carbocycles. The lowest BCUT2D eigenvalue weighted by atomic mass is 9.47. The molecule has 5 aliphatic rings. The molecule has 0 bridgehead atoms. The molecule has 5 rings (SSSR count). The summed E-state index contributed by atoms with van der Waals surface area (Å²) < 4.78 is 18.0. The van der Waals surface area contributed by atoms with Gasteiger partial charge in [-0.1, -0.05) is 25.5 Å². The van der Waals surface area contributed by atoms with Crippen LogP contribution in [0.1, 0.15) is 72.1 Å². The molecular weight excluding hydrogens is 340 g/mol. The lowest BCUT2D eigenvalue weighted by Crippen LogP contribution is -2.56. The molecule has 152 valence electrons. The normalized spacial score (nSPS) is 50.8. The van der Waals surface area contributed by atoms with Crippen molar-refractivity contribution in [1.82, 2.24) is 0 Å². The van der Waals surface area contributed by atoms with Crippen LogP contribution in [0.5, 0.6) is 0 Å². The van der Waals surface area contributed by atoms with Crippen molar-refractivity contribution in [1.29, 1.82) is 0 Å². The highest BCUT2D eigenvalue weighted by Gasteiger charge is 2.65. The number of aliphatic hydroxyl groups is 1. The van der Waals surface area contributed by atoms with Crippen molar-refractivity contribution in [2.45, 2.75) is 83.7 Å². The Hall–Kier alpha value is -0.420. The van der Waals surface area contributed by atoms with Crippen molar-refractivity contribution < 1.29 is 19.3 Å². The summed E-state index contributed by atoms with van der Waals surface area (Å²) in [6.45, 7) is 8.88. The summed E-state index contributed by atoms with van der Waals surface area (Å²) >= 11 is 0. The van der Waals surface area contributed by atoms with Crippen molar-refractivity contribution in [2.24, 2.45) is 28.6 Å². The monoisotopic (exact) mass is 376 g/mol. The van der Waals surface area contributed by atoms with Crippen molar-refractivity contribution in [2.75, 3.05) is 19.8 Å². The average Bonchev–Trinajstić information content (AvgIpc) is 3.19. The fourth-order valence-corrected chi connectivity index (χ4v) is 7.80. The van der Waals surface area contributed by atoms with E-state index in [0.717, 1.165) is 57.7 Å². The van der Waals surface area contributed by atoms with Gasteiger partial charge in [-0.15, -0.1) is 0 Å². The first kappa shape index (κ1) is 18.6. The molecule has 0 aromatic carbocycles. The zero-order chi connectivity index (χ0) is 18.9. The smallest absolute Gasteiger partial charge is 0.172 e. The standard InChI is InChI=1S/C23H36O4/c1-4-25-23(24)10-8-19-17-6-5-16-15-22(26-13-14-27-22)12-11-20(16,2)18(17)7-9-21(19,23)3/h5,17-19,24H,4,6-15H2,1-3H3/t17?,18?,19?,20-,21-,23?/m0/s1. The molecule has 1 saturated heterocycles. The summed E-state index contributed by atoms with van der Waals surface area (Å²) in [4.78, 5) is 0. The summed E-state index contributed by atoms with van der Waals surface area (Å²) in [5.41, 5.74) is 1.76. The maximum Gasteiger partial charge on any atom is 0.172 e. The van der Waals surface area contributed by atoms with E-state index in [1.54, 1.807) is 5.57 Å². The van der Waals surface area contributed by atoms with Crippen molar-refractivity contribution >= 4 is 0 Å². The number of hydrogen-bond donors (Lipinski definition) is 1. The molecule has 4 aliphatic carbocycles. The van der Waals surface area contributed by atoms with E-state index < -0.39 is 5.79 Å². The molecule has 0 aromatic rings. The molecule has 1 N–H and O–H groups in total. The zero-order valence-electron chi connectivity index (χ0n) is 17.3. The second-order valence-corrected chi connectivity index (χ2v) is 10.3. The second kappa shape index (κ2) is 6.04. The third kappa shape index (κ3) is 2.43. The number of hydrogen-bond acceptors (Lipinski definition) is 4. The summed E-state index contributed by atoms with van der Waals surface area (Å²) in [5.74, 6) is 0.705. The molecule has 1 spiro atoms. The Bertz CT molecular complexity index is 638. The molecule has 4 fully saturated rings. The number of fused-ring (bicyclic) bond motifs is 5. The van der Waals surface area contributed by atoms with E-state index in [1.165, 1.54) is 12.8 Å². The largest absolute Gasteiger partial charge is 0.365 e. The minimum Gasteiger partial charge on any atom is -0.365 e. The molecule has 27 heavy (non-hydrogen) atoms. The van der Waals surface area contributed by atoms with Gasteiger partial charge in [-0.25, -0.2) is 0 Å². The average molecular weight is 377 g/mol. The first-order valence-electron chi connectivity index (χ1n) is 11.2. The van der Waals surface area contributed by atoms with Gasteiger partial charge < -0.3 is 19.3 Å². The summed E-state index contributed by atoms with van der Waals surface area (Å²) in [6.07, 6.45) is 11.0. The van der Waals surface area contributed by atoms with E-state index in [0.29, 0.717) is 18.4 Å². The summed E-state index contributed by atoms with van der Waals surface area (Å²) in [7, 11) is 0. The first-order valence-corrected chi connectivity index (χ1v) is 11.2. The van der Waals surface area contributed by atoms with E-state index in [4.69, 9.17) is 14.2 Å². The Kier molecular flexibility index (Phi) is 4.16. The van der Waals surface area contributed by atoms with E-state index in [9.17, 15) is 5.11 Å². The Morgan fingerprint density at radius 3 is 2.56 bits per heavy atom. The highest BCUT2D eigenvalue weighted by molar-refractivity contribution is 5.27. The molecule has 1 aliphatic heterocycles. The van der Waals surface area contributed by atoms with Crippen LogP contribution in [-0.4, -0.2) is 36.5 Å². The minimum absolute atomic E-state index is 0.0978. The Morgan fingerprint density at radius 1 is 1.07 bits per heavy atom. The molecule has 0 radical (unpaired) electrons. The molecule has 6 atom stereocenters. The molecule has 4 heteroatoms. The van der Waals surface area contributed by atoms with E-state index in [1.807, 2.05) is 6.92 Å². The van der Waals surface area contributed by atoms with Gasteiger partial charge in [0.1, 0.15) is 0 Å². The van der Waals surface area contributed by atoms with Gasteiger partial charge in [0.2, 0.25) is 0 Å². The van der Waals surface area contributed by atoms with Crippen molar-refractivity contribution in [3.63, 3.8) is 0 Å². The topological polar surface area (TPSA) is 47.9 Å². The van der Waals surface area contributed by atoms with Crippen LogP contribution in [0.2, 0.25) is 0 Å². The molecule has 1 heterocycles. The number of ether oxygens (including phenoxy) is 3. The maximum atomic E-state index is 11.3. The Balaban J connectivity index is 1.44. The molecule has 0 aromatic heterocycles. The lowest BCUT2D eigenvalue weighted by Gasteiger charge is -2.59. The van der Waals surface area contributed by atoms with Gasteiger partial charge in [-0.2, -0.15) is 0 Å². The van der Waals surface area contributed by atoms with Gasteiger partial charge >= 0.3 is 0 Å². The summed E-state index contributed by atoms with van der Waals surface area (Å²) in [5, 5.41) is 11.3. The van der Waals surface area contributed by atoms with Gasteiger partial charge in [0.15, 0.2) is 11.6 Å². The molecule has 0 amide bonds. The highest BCUT2D eigenvalue weighted by Crippen LogP contribution is 2.68. The fraction of sp³-hybridized carbons (Fsp3) is 0.913. The Morgan fingerprint density at radius 2 is 1.81 bits per heavy atom. The maximum absolute atomic E-state index is 11.3. The fourth-order valence-electron chi connectivity index (χ4n) is 7.80. The van der Waals surface area contributed by atoms with Crippen molar-refractivity contribution in [3.8, 4) is 0 Å². The second-order valence-electron chi connectivity index (χ2n) is 10.3. The van der Waals surface area contributed by atoms with Crippen molar-refractivity contribution in [3.05, 3.63) is 11.6 Å². The van der Waals surface area contributed by atoms with Gasteiger partial charge in [0.05, 0.1) is 13.2 Å². The van der Waals surface area contributed by atoms with Crippen LogP contribution in [-0.2, 0) is 14.2 Å². The first-order chi connectivity index (χ1) is 12.9. The van der Waals surface area contributed by atoms with Crippen LogP contribution in [0.3, 0.4) is 0 Å². The molecule has 4 unspecified atom stereocenters. The van der Waals surface area contributed by atoms with E-state index >= 15 is 0 Å². The van der Waals surface area contributed by atoms with Gasteiger partial charge in [0.25, 0.3) is 0 Å². The van der Waals surface area contributed by atoms with Crippen LogP contribution in [0.4, 0.5) is 0 Å². The van der Waals surface area contributed by atoms with Crippen LogP contribution in [0.15, 0.2) is 11.6 Å². The van der Waals surface area contributed by atoms with Crippen LogP contribution < -0.4 is 0 Å². The molecular formula is C23H36O4. The lowest BCUT2D eigenvalue weighted by molar-refractivity contribution is -0.274. The highest BCUT2D eigenvalue weighted by atomic mass is 16.7. The van der Waals surface area contributed by atoms with E-state index in [2.05, 4.69) is 19.9 Å². The van der Waals surface area contributed by atoms with Gasteiger partial charge in [-0.05, 0) is 62.2 Å². The minimum atomic E-state index is -0.926. The number of rotatable bonds is 2. The number of allylic oxidation sites excluding steroid dienone is 1. The van der Waals surface area contributed by atoms with E-state index in [-0.39, 0.29) is 16.6 Å². The van der Waals surface area contributed by atoms with Crippen LogP contribution in [0, 0.1) is 28.6 Å². The molecule has 4 nitrogen and oxygen atoms in total. The quantitative estimate of drug-likeness (QED) is 0.573. The van der Waals surface area contributed by atoms with Gasteiger partial charge in [-0.3, -0.25) is 0 Å². The van der Waals surface area contributed by atoms with Gasteiger partial charge in [0, 0.05) is 31.3 Å². The predicted octanol–water partition coefficient (Wildman–Crippen LogP) is 4.42. The Labute approximate surface area is 163 Å². The predicted molar refractivity (Wildman–Crippen MR) is 103 cm³/mol. The third-order valence-corrected chi connectivity index (χ3v) is 9.38. The third-order valence-electron chi connectivity index (χ3n) is 9.38. The zero-order valence-corrected chi connectivity index (χ0v) is 17.3. The SMILES string of the molecule is CCOC1(O)CCC2C3CC=C4CC5(CC[C@]4(C)C3CC[C@@]21C)OCCO5.